The number of unbranched alkanes of at least 4 members (excludes halogenated alkanes) is 4. The van der Waals surface area contributed by atoms with E-state index in [0.717, 1.165) is 194 Å². The average Bonchev–Trinajstić information content (AvgIpc) is 1.62. The van der Waals surface area contributed by atoms with E-state index < -0.39 is 0 Å². The first-order valence-corrected chi connectivity index (χ1v) is 47.3. The number of imidazole rings is 1. The molecule has 6 N–H and O–H groups in total. The summed E-state index contributed by atoms with van der Waals surface area (Å²) in [6.45, 7) is 16.6. The number of thioether (sulfide) groups is 5. The van der Waals surface area contributed by atoms with Crippen LogP contribution in [0.15, 0.2) is 183 Å². The molecule has 0 atom stereocenters. The van der Waals surface area contributed by atoms with E-state index in [0.29, 0.717) is 95.2 Å². The van der Waals surface area contributed by atoms with Gasteiger partial charge in [0, 0.05) is 145 Å². The average molecular weight is 1730 g/mol. The van der Waals surface area contributed by atoms with E-state index in [1.165, 1.54) is 95.6 Å². The first-order chi connectivity index (χ1) is 58.1. The molecule has 0 aliphatic heterocycles. The molecule has 120 heavy (non-hydrogen) atoms. The van der Waals surface area contributed by atoms with Gasteiger partial charge in [-0.15, -0.1) is 0 Å². The van der Waals surface area contributed by atoms with Gasteiger partial charge in [0.15, 0.2) is 25.8 Å². The molecule has 6 aromatic heterocycles. The van der Waals surface area contributed by atoms with Crippen molar-refractivity contribution in [3.63, 3.8) is 0 Å². The summed E-state index contributed by atoms with van der Waals surface area (Å²) in [6, 6.07) is 41.5. The molecule has 0 spiro atoms. The van der Waals surface area contributed by atoms with E-state index in [-0.39, 0.29) is 50.9 Å². The largest absolute Gasteiger partial charge is 0.342 e. The number of aryl methyl sites for hydroxylation is 7. The number of para-hydroxylation sites is 2. The Kier molecular flexibility index (Phi) is 48.8. The molecule has 0 saturated heterocycles. The summed E-state index contributed by atoms with van der Waals surface area (Å²) >= 11 is 7.53. The number of benzene rings is 4. The van der Waals surface area contributed by atoms with Gasteiger partial charge in [-0.05, 0) is 113 Å². The third-order valence-electron chi connectivity index (χ3n) is 18.2. The van der Waals surface area contributed by atoms with Crippen LogP contribution in [0.1, 0.15) is 238 Å². The van der Waals surface area contributed by atoms with Crippen LogP contribution >= 0.6 is 58.8 Å². The predicted octanol–water partition coefficient (Wildman–Crippen LogP) is 18.6. The van der Waals surface area contributed by atoms with Crippen LogP contribution in [-0.2, 0) is 81.8 Å². The summed E-state index contributed by atoms with van der Waals surface area (Å²) in [5.41, 5.74) is 11.1. The molecule has 0 bridgehead atoms. The van der Waals surface area contributed by atoms with Gasteiger partial charge in [-0.1, -0.05) is 260 Å². The minimum atomic E-state index is -0.119. The summed E-state index contributed by atoms with van der Waals surface area (Å²) in [7, 11) is 0. The second kappa shape index (κ2) is 58.7. The van der Waals surface area contributed by atoms with E-state index in [9.17, 15) is 47.9 Å². The van der Waals surface area contributed by atoms with E-state index in [1.807, 2.05) is 117 Å². The smallest absolute Gasteiger partial charge is 0.251 e. The highest BCUT2D eigenvalue weighted by atomic mass is 32.2. The van der Waals surface area contributed by atoms with Crippen LogP contribution in [0.3, 0.4) is 0 Å². The normalized spacial score (nSPS) is 10.8. The quantitative estimate of drug-likeness (QED) is 0.0117. The number of H-pyrrole nitrogens is 6. The van der Waals surface area contributed by atoms with Gasteiger partial charge < -0.3 is 29.9 Å². The number of Topliss-reactive ketones (excluding diaryl/α,β-unsaturated/α-hetero) is 5. The standard InChI is InChI=1S/C19H22N4O2S.2C19H24N2O2S.C18H22N2O2S.C18H30N2O2S/c1-2-6-13-11-18(25)23-19(20-13)26-10-5-7-14(24)12-17-21-15-8-3-4-9-16(15)22-17;2*1-3-5-16-13-18(23)21-19(20-16)24-11-4-6-17(22)12-15-9-7-14(2)8-10-15;1-2-7-15-13-17(22)20-18(19-15)23-11-6-10-16(21)12-14-8-4-3-5-9-14;1-3-5-6-7-8-11-16(21)12-9-13-23-18-19-15(10-4-2)14-17(22)20-18/h3-4,8-9,11H,2,5-7,10,12H2,1H3,(H,21,22)(H,20,23,25);2*7-10,13H,3-6,11-12H2,1-2H3,(H,20,21,23);3-5,8-9,13H,2,6-7,10-12H2,1H3,(H,19,20,22);14H,3-13H2,1-2H3,(H,19,20,22). The Balaban J connectivity index is 0.000000233. The maximum atomic E-state index is 12.2. The van der Waals surface area contributed by atoms with Crippen LogP contribution in [-0.4, -0.2) is 117 Å². The number of hydrogen-bond acceptors (Lipinski definition) is 21. The Hall–Kier alpha value is -9.15. The lowest BCUT2D eigenvalue weighted by atomic mass is 10.0. The molecule has 22 nitrogen and oxygen atoms in total. The SMILES string of the molecule is CCCCCCCC(=O)CCCSc1nc(CCC)cc(=O)[nH]1.CCCc1cc(=O)[nH]c(SCCCC(=O)Cc2ccc(C)cc2)n1.CCCc1cc(=O)[nH]c(SCCCC(=O)Cc2ccc(C)cc2)n1.CCCc1cc(=O)[nH]c(SCCCC(=O)Cc2ccccc2)n1.CCCc1cc(=O)[nH]c(SCCCC(=O)Cc2nc3ccccc3[nH]2)n1. The number of aromatic nitrogens is 12. The lowest BCUT2D eigenvalue weighted by Gasteiger charge is -2.04. The summed E-state index contributed by atoms with van der Waals surface area (Å²) in [5.74, 6) is 5.87. The van der Waals surface area contributed by atoms with Gasteiger partial charge in [0.2, 0.25) is 0 Å². The zero-order valence-electron chi connectivity index (χ0n) is 71.3. The molecule has 10 rings (SSSR count). The number of rotatable bonds is 49. The van der Waals surface area contributed by atoms with Crippen LogP contribution < -0.4 is 27.8 Å². The second-order valence-corrected chi connectivity index (χ2v) is 34.9. The second-order valence-electron chi connectivity index (χ2n) is 29.4. The minimum absolute atomic E-state index is 0.0888. The molecule has 0 radical (unpaired) electrons. The van der Waals surface area contributed by atoms with Gasteiger partial charge in [-0.2, -0.15) is 0 Å². The molecule has 27 heteroatoms. The first-order valence-electron chi connectivity index (χ1n) is 42.4. The summed E-state index contributed by atoms with van der Waals surface area (Å²) in [5, 5.41) is 3.25. The Morgan fingerprint density at radius 2 is 0.567 bits per heavy atom. The molecule has 0 amide bonds. The van der Waals surface area contributed by atoms with E-state index in [4.69, 9.17) is 0 Å². The third kappa shape index (κ3) is 43.4. The molecule has 6 heterocycles. The number of nitrogens with zero attached hydrogens (tertiary/aromatic N) is 6. The van der Waals surface area contributed by atoms with Crippen LogP contribution in [0.25, 0.3) is 11.0 Å². The van der Waals surface area contributed by atoms with Crippen molar-refractivity contribution in [2.45, 2.75) is 274 Å². The lowest BCUT2D eigenvalue weighted by Crippen LogP contribution is -2.10. The van der Waals surface area contributed by atoms with Crippen molar-refractivity contribution in [2.75, 3.05) is 28.8 Å². The molecule has 0 unspecified atom stereocenters. The minimum Gasteiger partial charge on any atom is -0.342 e. The number of nitrogens with one attached hydrogen (secondary N) is 6. The zero-order valence-corrected chi connectivity index (χ0v) is 75.3. The van der Waals surface area contributed by atoms with Crippen molar-refractivity contribution >= 4 is 98.8 Å². The molecular weight excluding hydrogens is 1610 g/mol. The number of ketones is 5. The van der Waals surface area contributed by atoms with Gasteiger partial charge in [-0.25, -0.2) is 29.9 Å². The highest BCUT2D eigenvalue weighted by Gasteiger charge is 2.14. The topological polar surface area (TPSA) is 343 Å². The van der Waals surface area contributed by atoms with Gasteiger partial charge in [-0.3, -0.25) is 47.9 Å². The monoisotopic (exact) mass is 1730 g/mol. The van der Waals surface area contributed by atoms with Gasteiger partial charge >= 0.3 is 0 Å². The fourth-order valence-corrected chi connectivity index (χ4v) is 16.4. The summed E-state index contributed by atoms with van der Waals surface area (Å²) in [4.78, 5) is 161. The predicted molar refractivity (Wildman–Crippen MR) is 492 cm³/mol. The van der Waals surface area contributed by atoms with E-state index in [2.05, 4.69) is 101 Å². The molecule has 0 aliphatic carbocycles. The number of carbonyl (C=O) groups is 5. The van der Waals surface area contributed by atoms with Gasteiger partial charge in [0.05, 0.1) is 17.5 Å². The van der Waals surface area contributed by atoms with Crippen molar-refractivity contribution in [1.29, 1.82) is 0 Å². The number of carbonyl (C=O) groups excluding carboxylic acids is 5. The van der Waals surface area contributed by atoms with Crippen molar-refractivity contribution in [2.24, 2.45) is 0 Å². The van der Waals surface area contributed by atoms with Crippen molar-refractivity contribution in [3.05, 3.63) is 247 Å². The molecule has 0 fully saturated rings. The Labute approximate surface area is 727 Å². The molecule has 0 saturated carbocycles. The summed E-state index contributed by atoms with van der Waals surface area (Å²) < 4.78 is 0. The van der Waals surface area contributed by atoms with Crippen LogP contribution in [0.4, 0.5) is 0 Å². The van der Waals surface area contributed by atoms with Crippen molar-refractivity contribution in [3.8, 4) is 0 Å². The Morgan fingerprint density at radius 3 is 0.883 bits per heavy atom. The molecule has 4 aromatic carbocycles. The number of aromatic amines is 6. The van der Waals surface area contributed by atoms with Gasteiger partial charge in [0.25, 0.3) is 27.8 Å². The highest BCUT2D eigenvalue weighted by molar-refractivity contribution is 8.00. The lowest BCUT2D eigenvalue weighted by molar-refractivity contribution is -0.119. The zero-order chi connectivity index (χ0) is 86.5. The van der Waals surface area contributed by atoms with Crippen LogP contribution in [0.5, 0.6) is 0 Å². The Morgan fingerprint density at radius 1 is 0.283 bits per heavy atom. The molecular formula is C93H122N12O10S5. The fraction of sp³-hybridized carbons (Fsp3) is 0.462. The molecule has 644 valence electrons. The number of hydrogen-bond donors (Lipinski definition) is 6. The van der Waals surface area contributed by atoms with Crippen molar-refractivity contribution < 1.29 is 24.0 Å². The van der Waals surface area contributed by atoms with E-state index in [1.54, 1.807) is 30.3 Å². The number of fused-ring (bicyclic) bond motifs is 1. The van der Waals surface area contributed by atoms with Crippen LogP contribution in [0.2, 0.25) is 0 Å². The van der Waals surface area contributed by atoms with Gasteiger partial charge in [0.1, 0.15) is 34.7 Å². The van der Waals surface area contributed by atoms with Crippen molar-refractivity contribution in [1.82, 2.24) is 59.8 Å². The highest BCUT2D eigenvalue weighted by Crippen LogP contribution is 2.22. The van der Waals surface area contributed by atoms with E-state index >= 15 is 0 Å². The third-order valence-corrected chi connectivity index (χ3v) is 23.0. The van der Waals surface area contributed by atoms with Crippen LogP contribution in [0, 0.1) is 13.8 Å². The first kappa shape index (κ1) is 99.7. The fourth-order valence-electron chi connectivity index (χ4n) is 12.2. The molecule has 0 aliphatic rings. The maximum absolute atomic E-state index is 12.2. The molecule has 10 aromatic rings. The maximum Gasteiger partial charge on any atom is 0.251 e. The summed E-state index contributed by atoms with van der Waals surface area (Å²) in [6.07, 6.45) is 24.1. The Bertz CT molecular complexity index is 4870.